The first-order chi connectivity index (χ1) is 22.3. The summed E-state index contributed by atoms with van der Waals surface area (Å²) in [6.07, 6.45) is 2.00. The number of phenols is 1. The van der Waals surface area contributed by atoms with Gasteiger partial charge in [-0.2, -0.15) is 0 Å². The number of aliphatic carboxylic acids is 1. The van der Waals surface area contributed by atoms with E-state index in [0.29, 0.717) is 30.6 Å². The number of aromatic hydroxyl groups is 1. The van der Waals surface area contributed by atoms with Crippen LogP contribution >= 0.6 is 11.8 Å². The van der Waals surface area contributed by atoms with Crippen molar-refractivity contribution in [3.05, 3.63) is 57.6 Å². The Bertz CT molecular complexity index is 1670. The van der Waals surface area contributed by atoms with Gasteiger partial charge >= 0.3 is 18.1 Å². The van der Waals surface area contributed by atoms with Crippen LogP contribution in [0.1, 0.15) is 37.3 Å². The summed E-state index contributed by atoms with van der Waals surface area (Å²) in [4.78, 5) is 84.8. The maximum Gasteiger partial charge on any atom is 0.404 e. The number of fused-ring (bicyclic) bond motifs is 1. The van der Waals surface area contributed by atoms with Gasteiger partial charge in [-0.05, 0) is 43.4 Å². The van der Waals surface area contributed by atoms with Crippen LogP contribution in [0.15, 0.2) is 46.5 Å². The van der Waals surface area contributed by atoms with Crippen LogP contribution in [0.2, 0.25) is 0 Å². The normalized spacial score (nSPS) is 22.7. The van der Waals surface area contributed by atoms with Crippen molar-refractivity contribution in [2.45, 2.75) is 55.3 Å². The third-order valence-corrected chi connectivity index (χ3v) is 9.31. The van der Waals surface area contributed by atoms with Crippen LogP contribution in [0.4, 0.5) is 21.2 Å². The molecular weight excluding hydrogens is 640 g/mol. The highest BCUT2D eigenvalue weighted by molar-refractivity contribution is 8.00. The Labute approximate surface area is 270 Å². The lowest BCUT2D eigenvalue weighted by atomic mass is 9.93. The van der Waals surface area contributed by atoms with Gasteiger partial charge in [-0.3, -0.25) is 29.2 Å². The van der Waals surface area contributed by atoms with E-state index in [0.717, 1.165) is 22.9 Å². The lowest BCUT2D eigenvalue weighted by Gasteiger charge is -2.49. The van der Waals surface area contributed by atoms with Gasteiger partial charge in [-0.25, -0.2) is 19.4 Å². The highest BCUT2D eigenvalue weighted by Crippen LogP contribution is 2.41. The van der Waals surface area contributed by atoms with Crippen LogP contribution in [-0.4, -0.2) is 96.0 Å². The fraction of sp³-hybridized carbons (Fsp3) is 0.393. The zero-order valence-corrected chi connectivity index (χ0v) is 25.4. The third kappa shape index (κ3) is 6.94. The van der Waals surface area contributed by atoms with Crippen molar-refractivity contribution in [2.75, 3.05) is 22.6 Å². The summed E-state index contributed by atoms with van der Waals surface area (Å²) in [5.41, 5.74) is 9.33. The number of hydrogen-bond acceptors (Lipinski definition) is 12. The monoisotopic (exact) mass is 672 g/mol. The molecule has 2 fully saturated rings. The molecule has 10 N–H and O–H groups in total. The standard InChI is InChI=1S/C28H32N8O10S/c29-26(44)35(17-9-31-28(34-21(17)39)32-14-3-7-16(38)8-4-14)19(12-1-5-15(37)6-2-12)22(40)33-18-23(41)36-20(25(42)43)13(10-46-27(30)45)11-47-24(18)36/h1-2,5-6,9,14,16,18-19,24,37-38H,3-4,7-8,10-11H2,(H2,29,44)(H2,30,45)(H,33,40)(H,42,43)(H2,31,32,34,39)/t14?,16?,18?,19?,24-/m0/s1. The van der Waals surface area contributed by atoms with Crippen molar-refractivity contribution >= 4 is 53.3 Å². The van der Waals surface area contributed by atoms with Crippen molar-refractivity contribution in [1.82, 2.24) is 20.2 Å². The number of amides is 5. The number of phenolic OH excluding ortho intramolecular Hbond substituents is 1. The number of carbonyl (C=O) groups excluding carboxylic acids is 4. The Balaban J connectivity index is 1.42. The van der Waals surface area contributed by atoms with Crippen LogP contribution < -0.4 is 32.6 Å². The first kappa shape index (κ1) is 33.1. The van der Waals surface area contributed by atoms with E-state index in [-0.39, 0.29) is 46.4 Å². The lowest BCUT2D eigenvalue weighted by Crippen LogP contribution is -2.71. The number of primary amides is 2. The van der Waals surface area contributed by atoms with E-state index < -0.39 is 65.2 Å². The van der Waals surface area contributed by atoms with E-state index in [9.17, 15) is 44.1 Å². The summed E-state index contributed by atoms with van der Waals surface area (Å²) in [6, 6.07) is 0.991. The number of benzene rings is 1. The number of aliphatic hydroxyl groups excluding tert-OH is 1. The maximum absolute atomic E-state index is 13.9. The van der Waals surface area contributed by atoms with Gasteiger partial charge in [-0.15, -0.1) is 11.8 Å². The zero-order chi connectivity index (χ0) is 34.0. The number of thioether (sulfide) groups is 1. The molecule has 3 heterocycles. The number of hydrogen-bond donors (Lipinski definition) is 8. The van der Waals surface area contributed by atoms with E-state index in [2.05, 4.69) is 20.6 Å². The molecule has 5 amide bonds. The molecule has 2 aliphatic heterocycles. The average molecular weight is 673 g/mol. The van der Waals surface area contributed by atoms with E-state index in [1.165, 1.54) is 24.3 Å². The molecule has 19 heteroatoms. The molecule has 3 aliphatic rings. The number of carboxylic acids is 1. The van der Waals surface area contributed by atoms with Crippen molar-refractivity contribution < 1.29 is 44.0 Å². The Kier molecular flexibility index (Phi) is 9.56. The minimum absolute atomic E-state index is 0.0351. The molecule has 1 aromatic heterocycles. The summed E-state index contributed by atoms with van der Waals surface area (Å²) < 4.78 is 4.72. The highest BCUT2D eigenvalue weighted by atomic mass is 32.2. The van der Waals surface area contributed by atoms with E-state index in [1.54, 1.807) is 0 Å². The van der Waals surface area contributed by atoms with Crippen LogP contribution in [0.3, 0.4) is 0 Å². The smallest absolute Gasteiger partial charge is 0.404 e. The van der Waals surface area contributed by atoms with Gasteiger partial charge in [0, 0.05) is 17.4 Å². The van der Waals surface area contributed by atoms with Gasteiger partial charge < -0.3 is 42.2 Å². The van der Waals surface area contributed by atoms with Crippen LogP contribution in [0, 0.1) is 0 Å². The second-order valence-corrected chi connectivity index (χ2v) is 12.2. The van der Waals surface area contributed by atoms with E-state index in [1.807, 2.05) is 0 Å². The van der Waals surface area contributed by atoms with Crippen LogP contribution in [0.25, 0.3) is 0 Å². The molecule has 0 radical (unpaired) electrons. The molecule has 250 valence electrons. The number of nitrogens with zero attached hydrogens (tertiary/aromatic N) is 3. The van der Waals surface area contributed by atoms with E-state index >= 15 is 0 Å². The molecular formula is C28H32N8O10S. The van der Waals surface area contributed by atoms with Gasteiger partial charge in [0.05, 0.1) is 12.3 Å². The van der Waals surface area contributed by atoms with Crippen LogP contribution in [-0.2, 0) is 19.1 Å². The number of aromatic amines is 1. The van der Waals surface area contributed by atoms with Gasteiger partial charge in [-0.1, -0.05) is 12.1 Å². The molecule has 2 unspecified atom stereocenters. The molecule has 1 aliphatic carbocycles. The number of carbonyl (C=O) groups is 5. The Morgan fingerprint density at radius 2 is 1.81 bits per heavy atom. The summed E-state index contributed by atoms with van der Waals surface area (Å²) in [7, 11) is 0. The number of carboxylic acid groups (broad SMARTS) is 1. The maximum atomic E-state index is 13.9. The largest absolute Gasteiger partial charge is 0.508 e. The Morgan fingerprint density at radius 3 is 2.40 bits per heavy atom. The number of aromatic nitrogens is 2. The second-order valence-electron chi connectivity index (χ2n) is 11.1. The average Bonchev–Trinajstić information content (AvgIpc) is 3.02. The van der Waals surface area contributed by atoms with Crippen molar-refractivity contribution in [2.24, 2.45) is 11.5 Å². The predicted octanol–water partition coefficient (Wildman–Crippen LogP) is -0.349. The third-order valence-electron chi connectivity index (χ3n) is 7.97. The number of urea groups is 1. The fourth-order valence-electron chi connectivity index (χ4n) is 5.69. The van der Waals surface area contributed by atoms with Gasteiger partial charge in [0.1, 0.15) is 41.2 Å². The molecule has 0 spiro atoms. The molecule has 0 bridgehead atoms. The molecule has 1 saturated heterocycles. The molecule has 2 aromatic rings. The molecule has 18 nitrogen and oxygen atoms in total. The zero-order valence-electron chi connectivity index (χ0n) is 24.6. The summed E-state index contributed by atoms with van der Waals surface area (Å²) in [5.74, 6) is -3.20. The lowest BCUT2D eigenvalue weighted by molar-refractivity contribution is -0.151. The number of ether oxygens (including phenoxy) is 1. The molecule has 5 rings (SSSR count). The SMILES string of the molecule is NC(=O)OCC1=C(C(=O)O)N2C(=O)C(NC(=O)C(c3ccc(O)cc3)N(C(N)=O)c3cnc(NC4CCC(O)CC4)[nH]c3=O)[C@@H]2SC1. The van der Waals surface area contributed by atoms with Crippen molar-refractivity contribution in [3.63, 3.8) is 0 Å². The number of aliphatic hydroxyl groups is 1. The number of rotatable bonds is 10. The fourth-order valence-corrected chi connectivity index (χ4v) is 7.02. The number of β-lactam (4-membered cyclic amide) rings is 1. The van der Waals surface area contributed by atoms with Crippen molar-refractivity contribution in [1.29, 1.82) is 0 Å². The molecule has 47 heavy (non-hydrogen) atoms. The first-order valence-electron chi connectivity index (χ1n) is 14.4. The highest BCUT2D eigenvalue weighted by Gasteiger charge is 2.55. The molecule has 1 saturated carbocycles. The first-order valence-corrected chi connectivity index (χ1v) is 15.4. The Morgan fingerprint density at radius 1 is 1.13 bits per heavy atom. The summed E-state index contributed by atoms with van der Waals surface area (Å²) >= 11 is 1.10. The van der Waals surface area contributed by atoms with E-state index in [4.69, 9.17) is 16.2 Å². The number of nitrogens with one attached hydrogen (secondary N) is 3. The Hall–Kier alpha value is -5.30. The molecule has 1 aromatic carbocycles. The predicted molar refractivity (Wildman–Crippen MR) is 165 cm³/mol. The summed E-state index contributed by atoms with van der Waals surface area (Å²) in [6.45, 7) is -0.450. The van der Waals surface area contributed by atoms with Gasteiger partial charge in [0.15, 0.2) is 0 Å². The van der Waals surface area contributed by atoms with Gasteiger partial charge in [0.2, 0.25) is 11.9 Å². The van der Waals surface area contributed by atoms with Crippen LogP contribution in [0.5, 0.6) is 5.75 Å². The van der Waals surface area contributed by atoms with Gasteiger partial charge in [0.25, 0.3) is 11.5 Å². The number of H-pyrrole nitrogens is 1. The second kappa shape index (κ2) is 13.6. The number of anilines is 2. The molecule has 3 atom stereocenters. The minimum atomic E-state index is -1.64. The topological polar surface area (TPSA) is 284 Å². The minimum Gasteiger partial charge on any atom is -0.508 e. The van der Waals surface area contributed by atoms with Crippen molar-refractivity contribution in [3.8, 4) is 5.75 Å². The quantitative estimate of drug-likeness (QED) is 0.150. The number of nitrogens with two attached hydrogens (primary N) is 2. The summed E-state index contributed by atoms with van der Waals surface area (Å²) in [5, 5.41) is 34.2.